The fourth-order valence-electron chi connectivity index (χ4n) is 4.84. The first-order chi connectivity index (χ1) is 10.6. The van der Waals surface area contributed by atoms with Gasteiger partial charge in [-0.15, -0.1) is 0 Å². The van der Waals surface area contributed by atoms with E-state index in [0.29, 0.717) is 11.5 Å². The average molecular weight is 296 g/mol. The summed E-state index contributed by atoms with van der Waals surface area (Å²) in [5, 5.41) is 1.46. The Morgan fingerprint density at radius 3 is 2.50 bits per heavy atom. The van der Waals surface area contributed by atoms with E-state index >= 15 is 0 Å². The van der Waals surface area contributed by atoms with Crippen molar-refractivity contribution in [2.24, 2.45) is 5.41 Å². The van der Waals surface area contributed by atoms with Gasteiger partial charge in [-0.1, -0.05) is 38.5 Å². The molecule has 2 aliphatic heterocycles. The van der Waals surface area contributed by atoms with E-state index in [2.05, 4.69) is 54.5 Å². The van der Waals surface area contributed by atoms with Gasteiger partial charge in [-0.05, 0) is 56.3 Å². The van der Waals surface area contributed by atoms with Crippen molar-refractivity contribution in [2.45, 2.75) is 59.0 Å². The molecule has 1 fully saturated rings. The van der Waals surface area contributed by atoms with Gasteiger partial charge in [0.25, 0.3) is 0 Å². The zero-order valence-corrected chi connectivity index (χ0v) is 14.2. The molecule has 0 amide bonds. The van der Waals surface area contributed by atoms with Gasteiger partial charge >= 0.3 is 0 Å². The first kappa shape index (κ1) is 14.3. The van der Waals surface area contributed by atoms with Crippen LogP contribution in [-0.2, 0) is 6.54 Å². The van der Waals surface area contributed by atoms with E-state index in [0.717, 1.165) is 0 Å². The smallest absolute Gasteiger partial charge is 0.0555 e. The predicted octanol–water partition coefficient (Wildman–Crippen LogP) is 4.91. The van der Waals surface area contributed by atoms with Gasteiger partial charge in [0, 0.05) is 23.1 Å². The van der Waals surface area contributed by atoms with Gasteiger partial charge in [-0.3, -0.25) is 4.90 Å². The minimum absolute atomic E-state index is 0.368. The standard InChI is InChI=1S/C20H28N2/c1-15-16-9-5-6-10-17(16)22-14-11-20(2,3)19(18(15)22)21-12-7-4-8-13-21/h5-6,9-10,19H,4,7-8,11-14H2,1-3H3. The molecular formula is C20H28N2. The molecule has 3 heterocycles. The summed E-state index contributed by atoms with van der Waals surface area (Å²) in [6.07, 6.45) is 5.42. The number of likely N-dealkylation sites (tertiary alicyclic amines) is 1. The van der Waals surface area contributed by atoms with Crippen molar-refractivity contribution in [3.8, 4) is 0 Å². The van der Waals surface area contributed by atoms with Crippen molar-refractivity contribution in [1.82, 2.24) is 9.47 Å². The number of hydrogen-bond acceptors (Lipinski definition) is 1. The van der Waals surface area contributed by atoms with E-state index in [1.54, 1.807) is 5.69 Å². The molecule has 0 saturated carbocycles. The van der Waals surface area contributed by atoms with Crippen LogP contribution in [0.4, 0.5) is 0 Å². The summed E-state index contributed by atoms with van der Waals surface area (Å²) >= 11 is 0. The molecule has 2 aliphatic rings. The van der Waals surface area contributed by atoms with Gasteiger partial charge in [0.1, 0.15) is 0 Å². The lowest BCUT2D eigenvalue weighted by atomic mass is 9.75. The zero-order chi connectivity index (χ0) is 15.3. The number of para-hydroxylation sites is 1. The Kier molecular flexibility index (Phi) is 3.34. The normalized spacial score (nSPS) is 25.3. The predicted molar refractivity (Wildman–Crippen MR) is 93.2 cm³/mol. The second-order valence-electron chi connectivity index (χ2n) is 7.92. The van der Waals surface area contributed by atoms with Crippen LogP contribution < -0.4 is 0 Å². The third kappa shape index (κ3) is 2.04. The lowest BCUT2D eigenvalue weighted by Crippen LogP contribution is -2.45. The fourth-order valence-corrected chi connectivity index (χ4v) is 4.84. The maximum atomic E-state index is 2.78. The SMILES string of the molecule is Cc1c2n(c3ccccc13)CCC(C)(C)C2N1CCCCC1. The molecule has 4 rings (SSSR count). The number of piperidine rings is 1. The Balaban J connectivity index is 1.90. The molecule has 2 aromatic rings. The quantitative estimate of drug-likeness (QED) is 0.726. The molecule has 2 heteroatoms. The molecular weight excluding hydrogens is 268 g/mol. The molecule has 22 heavy (non-hydrogen) atoms. The molecule has 0 N–H and O–H groups in total. The second kappa shape index (κ2) is 5.13. The van der Waals surface area contributed by atoms with Crippen molar-refractivity contribution in [1.29, 1.82) is 0 Å². The molecule has 1 saturated heterocycles. The van der Waals surface area contributed by atoms with Crippen LogP contribution in [0.5, 0.6) is 0 Å². The number of aryl methyl sites for hydroxylation is 2. The first-order valence-corrected chi connectivity index (χ1v) is 8.91. The topological polar surface area (TPSA) is 8.17 Å². The van der Waals surface area contributed by atoms with Gasteiger partial charge in [0.05, 0.1) is 6.04 Å². The number of benzene rings is 1. The van der Waals surface area contributed by atoms with Gasteiger partial charge < -0.3 is 4.57 Å². The summed E-state index contributed by atoms with van der Waals surface area (Å²) in [6.45, 7) is 11.0. The highest BCUT2D eigenvalue weighted by atomic mass is 15.2. The molecule has 0 aliphatic carbocycles. The van der Waals surface area contributed by atoms with Crippen molar-refractivity contribution in [3.05, 3.63) is 35.5 Å². The Labute approximate surface area is 134 Å². The maximum absolute atomic E-state index is 2.78. The number of rotatable bonds is 1. The monoisotopic (exact) mass is 296 g/mol. The molecule has 2 nitrogen and oxygen atoms in total. The van der Waals surface area contributed by atoms with Crippen LogP contribution in [0.15, 0.2) is 24.3 Å². The summed E-state index contributed by atoms with van der Waals surface area (Å²) in [7, 11) is 0. The van der Waals surface area contributed by atoms with E-state index in [1.165, 1.54) is 61.8 Å². The minimum Gasteiger partial charge on any atom is -0.343 e. The molecule has 0 bridgehead atoms. The lowest BCUT2D eigenvalue weighted by molar-refractivity contribution is 0.0406. The molecule has 0 radical (unpaired) electrons. The van der Waals surface area contributed by atoms with Gasteiger partial charge in [0.15, 0.2) is 0 Å². The first-order valence-electron chi connectivity index (χ1n) is 8.91. The van der Waals surface area contributed by atoms with E-state index in [-0.39, 0.29) is 0 Å². The van der Waals surface area contributed by atoms with Crippen LogP contribution in [0.2, 0.25) is 0 Å². The van der Waals surface area contributed by atoms with Crippen LogP contribution in [0.3, 0.4) is 0 Å². The Hall–Kier alpha value is -1.28. The third-order valence-corrected chi connectivity index (χ3v) is 6.01. The number of fused-ring (bicyclic) bond motifs is 3. The Morgan fingerprint density at radius 2 is 1.73 bits per heavy atom. The number of hydrogen-bond donors (Lipinski definition) is 0. The molecule has 118 valence electrons. The van der Waals surface area contributed by atoms with Crippen molar-refractivity contribution in [2.75, 3.05) is 13.1 Å². The van der Waals surface area contributed by atoms with Gasteiger partial charge in [-0.2, -0.15) is 0 Å². The summed E-state index contributed by atoms with van der Waals surface area (Å²) in [5.41, 5.74) is 4.91. The summed E-state index contributed by atoms with van der Waals surface area (Å²) in [5.74, 6) is 0. The van der Waals surface area contributed by atoms with Crippen molar-refractivity contribution >= 4 is 10.9 Å². The molecule has 1 aromatic carbocycles. The lowest BCUT2D eigenvalue weighted by Gasteiger charge is -2.47. The minimum atomic E-state index is 0.368. The van der Waals surface area contributed by atoms with Gasteiger partial charge in [-0.25, -0.2) is 0 Å². The third-order valence-electron chi connectivity index (χ3n) is 6.01. The highest BCUT2D eigenvalue weighted by Crippen LogP contribution is 2.48. The van der Waals surface area contributed by atoms with E-state index < -0.39 is 0 Å². The molecule has 1 aromatic heterocycles. The van der Waals surface area contributed by atoms with Crippen LogP contribution in [0.1, 0.15) is 56.8 Å². The molecule has 0 spiro atoms. The van der Waals surface area contributed by atoms with Crippen molar-refractivity contribution in [3.63, 3.8) is 0 Å². The van der Waals surface area contributed by atoms with Crippen molar-refractivity contribution < 1.29 is 0 Å². The number of aromatic nitrogens is 1. The highest BCUT2D eigenvalue weighted by Gasteiger charge is 2.42. The summed E-state index contributed by atoms with van der Waals surface area (Å²) in [6, 6.07) is 9.55. The molecule has 1 unspecified atom stereocenters. The average Bonchev–Trinajstić information content (AvgIpc) is 2.81. The van der Waals surface area contributed by atoms with Crippen LogP contribution in [-0.4, -0.2) is 22.6 Å². The Bertz CT molecular complexity index is 689. The largest absolute Gasteiger partial charge is 0.343 e. The second-order valence-corrected chi connectivity index (χ2v) is 7.92. The summed E-state index contributed by atoms with van der Waals surface area (Å²) in [4.78, 5) is 2.78. The van der Waals surface area contributed by atoms with Crippen LogP contribution in [0, 0.1) is 12.3 Å². The van der Waals surface area contributed by atoms with E-state index in [1.807, 2.05) is 0 Å². The fraction of sp³-hybridized carbons (Fsp3) is 0.600. The Morgan fingerprint density at radius 1 is 1.00 bits per heavy atom. The van der Waals surface area contributed by atoms with E-state index in [4.69, 9.17) is 0 Å². The maximum Gasteiger partial charge on any atom is 0.0555 e. The summed E-state index contributed by atoms with van der Waals surface area (Å²) < 4.78 is 2.62. The van der Waals surface area contributed by atoms with Gasteiger partial charge in [0.2, 0.25) is 0 Å². The molecule has 1 atom stereocenters. The highest BCUT2D eigenvalue weighted by molar-refractivity contribution is 5.85. The van der Waals surface area contributed by atoms with Crippen LogP contribution in [0.25, 0.3) is 10.9 Å². The van der Waals surface area contributed by atoms with E-state index in [9.17, 15) is 0 Å². The number of nitrogens with zero attached hydrogens (tertiary/aromatic N) is 2. The zero-order valence-electron chi connectivity index (χ0n) is 14.2. The van der Waals surface area contributed by atoms with Crippen LogP contribution >= 0.6 is 0 Å².